The van der Waals surface area contributed by atoms with Crippen molar-refractivity contribution in [1.82, 2.24) is 9.21 Å². The van der Waals surface area contributed by atoms with Crippen molar-refractivity contribution in [3.63, 3.8) is 0 Å². The van der Waals surface area contributed by atoms with Crippen molar-refractivity contribution in [2.24, 2.45) is 17.8 Å². The van der Waals surface area contributed by atoms with E-state index in [2.05, 4.69) is 0 Å². The zero-order chi connectivity index (χ0) is 20.6. The lowest BCUT2D eigenvalue weighted by Gasteiger charge is -2.35. The van der Waals surface area contributed by atoms with Crippen molar-refractivity contribution in [2.45, 2.75) is 37.0 Å². The molecule has 1 aromatic rings. The van der Waals surface area contributed by atoms with E-state index in [1.165, 1.54) is 56.3 Å². The van der Waals surface area contributed by atoms with Gasteiger partial charge in [-0.1, -0.05) is 6.42 Å². The zero-order valence-electron chi connectivity index (χ0n) is 17.2. The van der Waals surface area contributed by atoms with Gasteiger partial charge in [0.1, 0.15) is 0 Å². The Morgan fingerprint density at radius 1 is 1.03 bits per heavy atom. The molecule has 0 radical (unpaired) electrons. The smallest absolute Gasteiger partial charge is 0.243 e. The van der Waals surface area contributed by atoms with Crippen LogP contribution in [0.1, 0.15) is 32.1 Å². The number of benzene rings is 1. The van der Waals surface area contributed by atoms with Crippen molar-refractivity contribution in [1.29, 1.82) is 0 Å². The second-order valence-electron chi connectivity index (χ2n) is 8.44. The summed E-state index contributed by atoms with van der Waals surface area (Å²) in [6, 6.07) is 4.62. The van der Waals surface area contributed by atoms with Crippen LogP contribution in [-0.2, 0) is 14.8 Å². The fraction of sp³-hybridized carbons (Fsp3) is 0.667. The van der Waals surface area contributed by atoms with Gasteiger partial charge < -0.3 is 14.4 Å². The van der Waals surface area contributed by atoms with E-state index in [1.807, 2.05) is 4.90 Å². The topological polar surface area (TPSA) is 76.2 Å². The van der Waals surface area contributed by atoms with Crippen molar-refractivity contribution in [2.75, 3.05) is 40.4 Å². The van der Waals surface area contributed by atoms with Gasteiger partial charge in [-0.15, -0.1) is 0 Å². The predicted octanol–water partition coefficient (Wildman–Crippen LogP) is 2.36. The molecule has 29 heavy (non-hydrogen) atoms. The molecule has 160 valence electrons. The average molecular weight is 423 g/mol. The van der Waals surface area contributed by atoms with Crippen LogP contribution >= 0.6 is 0 Å². The Labute approximate surface area is 173 Å². The Kier molecular flexibility index (Phi) is 5.75. The second-order valence-corrected chi connectivity index (χ2v) is 10.4. The van der Waals surface area contributed by atoms with Gasteiger partial charge in [-0.3, -0.25) is 4.79 Å². The summed E-state index contributed by atoms with van der Waals surface area (Å²) in [7, 11) is -0.644. The Bertz CT molecular complexity index is 864. The van der Waals surface area contributed by atoms with Crippen LogP contribution in [0.4, 0.5) is 0 Å². The standard InChI is InChI=1S/C21H30N2O5S/c1-27-19-6-5-18(14-20(19)28-2)29(25,26)23-9-7-22(8-10-23)21(24)13-17-12-15-3-4-16(17)11-15/h5-6,14-17H,3-4,7-13H2,1-2H3/t15-,16+,17-/m0/s1. The van der Waals surface area contributed by atoms with Gasteiger partial charge in [-0.2, -0.15) is 4.31 Å². The number of sulfonamides is 1. The highest BCUT2D eigenvalue weighted by atomic mass is 32.2. The van der Waals surface area contributed by atoms with E-state index in [1.54, 1.807) is 6.07 Å². The van der Waals surface area contributed by atoms with Crippen LogP contribution in [0.3, 0.4) is 0 Å². The maximum Gasteiger partial charge on any atom is 0.243 e. The summed E-state index contributed by atoms with van der Waals surface area (Å²) < 4.78 is 37.9. The summed E-state index contributed by atoms with van der Waals surface area (Å²) in [5.41, 5.74) is 0. The normalized spacial score (nSPS) is 27.2. The number of carbonyl (C=O) groups is 1. The van der Waals surface area contributed by atoms with Crippen LogP contribution in [-0.4, -0.2) is 63.9 Å². The van der Waals surface area contributed by atoms with Crippen LogP contribution in [0.15, 0.2) is 23.1 Å². The molecule has 1 heterocycles. The molecule has 8 heteroatoms. The van der Waals surface area contributed by atoms with E-state index >= 15 is 0 Å². The highest BCUT2D eigenvalue weighted by Gasteiger charge is 2.41. The molecule has 1 saturated heterocycles. The molecular weight excluding hydrogens is 392 g/mol. The number of piperazine rings is 1. The van der Waals surface area contributed by atoms with Crippen molar-refractivity contribution < 1.29 is 22.7 Å². The lowest BCUT2D eigenvalue weighted by Crippen LogP contribution is -2.50. The van der Waals surface area contributed by atoms with Gasteiger partial charge in [0.2, 0.25) is 15.9 Å². The van der Waals surface area contributed by atoms with Crippen LogP contribution in [0, 0.1) is 17.8 Å². The number of carbonyl (C=O) groups excluding carboxylic acids is 1. The van der Waals surface area contributed by atoms with Gasteiger partial charge in [0.05, 0.1) is 19.1 Å². The number of ether oxygens (including phenoxy) is 2. The predicted molar refractivity (Wildman–Crippen MR) is 108 cm³/mol. The molecule has 1 amide bonds. The van der Waals surface area contributed by atoms with Gasteiger partial charge in [-0.05, 0) is 49.1 Å². The number of methoxy groups -OCH3 is 2. The number of hydrogen-bond acceptors (Lipinski definition) is 5. The Hall–Kier alpha value is -1.80. The third kappa shape index (κ3) is 3.97. The van der Waals surface area contributed by atoms with E-state index < -0.39 is 10.0 Å². The van der Waals surface area contributed by atoms with Gasteiger partial charge in [0, 0.05) is 38.7 Å². The van der Waals surface area contributed by atoms with Gasteiger partial charge >= 0.3 is 0 Å². The van der Waals surface area contributed by atoms with Crippen LogP contribution in [0.2, 0.25) is 0 Å². The lowest BCUT2D eigenvalue weighted by molar-refractivity contribution is -0.133. The molecular formula is C21H30N2O5S. The molecule has 2 aliphatic carbocycles. The van der Waals surface area contributed by atoms with Crippen LogP contribution in [0.25, 0.3) is 0 Å². The van der Waals surface area contributed by atoms with Crippen LogP contribution in [0.5, 0.6) is 11.5 Å². The third-order valence-electron chi connectivity index (χ3n) is 6.91. The van der Waals surface area contributed by atoms with Gasteiger partial charge in [-0.25, -0.2) is 8.42 Å². The van der Waals surface area contributed by atoms with E-state index in [9.17, 15) is 13.2 Å². The number of amides is 1. The van der Waals surface area contributed by atoms with Crippen molar-refractivity contribution >= 4 is 15.9 Å². The first-order valence-electron chi connectivity index (χ1n) is 10.4. The molecule has 1 aliphatic heterocycles. The molecule has 7 nitrogen and oxygen atoms in total. The first-order chi connectivity index (χ1) is 13.9. The maximum absolute atomic E-state index is 13.0. The van der Waals surface area contributed by atoms with E-state index in [-0.39, 0.29) is 10.8 Å². The Balaban J connectivity index is 1.36. The number of hydrogen-bond donors (Lipinski definition) is 0. The van der Waals surface area contributed by atoms with Gasteiger partial charge in [0.15, 0.2) is 11.5 Å². The molecule has 0 spiro atoms. The minimum Gasteiger partial charge on any atom is -0.493 e. The second kappa shape index (κ2) is 8.14. The van der Waals surface area contributed by atoms with E-state index in [0.29, 0.717) is 50.0 Å². The molecule has 2 saturated carbocycles. The maximum atomic E-state index is 13.0. The van der Waals surface area contributed by atoms with E-state index in [4.69, 9.17) is 9.47 Å². The molecule has 4 rings (SSSR count). The summed E-state index contributed by atoms with van der Waals surface area (Å²) in [5, 5.41) is 0. The molecule has 2 bridgehead atoms. The SMILES string of the molecule is COc1ccc(S(=O)(=O)N2CCN(C(=O)C[C@@H]3C[C@H]4CC[C@@H]3C4)CC2)cc1OC. The number of rotatable bonds is 6. The summed E-state index contributed by atoms with van der Waals surface area (Å²) in [6.07, 6.45) is 5.74. The Morgan fingerprint density at radius 2 is 1.76 bits per heavy atom. The largest absolute Gasteiger partial charge is 0.493 e. The third-order valence-corrected chi connectivity index (χ3v) is 8.80. The summed E-state index contributed by atoms with van der Waals surface area (Å²) >= 11 is 0. The highest BCUT2D eigenvalue weighted by Crippen LogP contribution is 2.49. The van der Waals surface area contributed by atoms with Gasteiger partial charge in [0.25, 0.3) is 0 Å². The molecule has 0 unspecified atom stereocenters. The number of fused-ring (bicyclic) bond motifs is 2. The summed E-state index contributed by atoms with van der Waals surface area (Å²) in [4.78, 5) is 14.8. The number of nitrogens with zero attached hydrogens (tertiary/aromatic N) is 2. The van der Waals surface area contributed by atoms with Crippen molar-refractivity contribution in [3.8, 4) is 11.5 Å². The molecule has 0 aromatic heterocycles. The average Bonchev–Trinajstić information content (AvgIpc) is 3.36. The monoisotopic (exact) mass is 422 g/mol. The molecule has 1 aromatic carbocycles. The van der Waals surface area contributed by atoms with Crippen molar-refractivity contribution in [3.05, 3.63) is 18.2 Å². The quantitative estimate of drug-likeness (QED) is 0.703. The van der Waals surface area contributed by atoms with E-state index in [0.717, 1.165) is 11.8 Å². The lowest BCUT2D eigenvalue weighted by atomic mass is 9.86. The molecule has 3 fully saturated rings. The molecule has 3 atom stereocenters. The minimum absolute atomic E-state index is 0.178. The highest BCUT2D eigenvalue weighted by molar-refractivity contribution is 7.89. The summed E-state index contributed by atoms with van der Waals surface area (Å²) in [5.74, 6) is 3.16. The molecule has 3 aliphatic rings. The fourth-order valence-electron chi connectivity index (χ4n) is 5.28. The first kappa shape index (κ1) is 20.5. The molecule has 0 N–H and O–H groups in total. The summed E-state index contributed by atoms with van der Waals surface area (Å²) in [6.45, 7) is 1.54. The minimum atomic E-state index is -3.64. The van der Waals surface area contributed by atoms with Crippen LogP contribution < -0.4 is 9.47 Å². The zero-order valence-corrected chi connectivity index (χ0v) is 18.0. The fourth-order valence-corrected chi connectivity index (χ4v) is 6.72. The first-order valence-corrected chi connectivity index (χ1v) is 11.9. The Morgan fingerprint density at radius 3 is 2.34 bits per heavy atom.